The van der Waals surface area contributed by atoms with Crippen LogP contribution in [0.4, 0.5) is 0 Å². The summed E-state index contributed by atoms with van der Waals surface area (Å²) in [6.07, 6.45) is 0.974. The van der Waals surface area contributed by atoms with E-state index in [1.807, 2.05) is 30.3 Å². The van der Waals surface area contributed by atoms with Crippen molar-refractivity contribution in [2.45, 2.75) is 13.3 Å². The van der Waals surface area contributed by atoms with E-state index in [1.165, 1.54) is 0 Å². The van der Waals surface area contributed by atoms with Crippen molar-refractivity contribution in [2.75, 3.05) is 13.7 Å². The molecule has 0 aliphatic carbocycles. The maximum atomic E-state index is 12.3. The van der Waals surface area contributed by atoms with Crippen molar-refractivity contribution in [3.8, 4) is 22.8 Å². The molecule has 0 amide bonds. The van der Waals surface area contributed by atoms with Gasteiger partial charge >= 0.3 is 0 Å². The van der Waals surface area contributed by atoms with Crippen LogP contribution in [0.2, 0.25) is 0 Å². The van der Waals surface area contributed by atoms with Crippen LogP contribution < -0.4 is 14.9 Å². The zero-order valence-corrected chi connectivity index (χ0v) is 13.3. The van der Waals surface area contributed by atoms with Crippen LogP contribution in [0.15, 0.2) is 53.3 Å². The molecule has 0 fully saturated rings. The molecule has 1 N–H and O–H groups in total. The summed E-state index contributed by atoms with van der Waals surface area (Å²) < 4.78 is 10.8. The molecule has 2 aromatic carbocycles. The topological polar surface area (TPSA) is 51.3 Å². The fourth-order valence-electron chi connectivity index (χ4n) is 2.46. The number of ether oxygens (including phenoxy) is 2. The number of rotatable bonds is 5. The molecule has 0 aliphatic heterocycles. The molecule has 1 aromatic heterocycles. The molecule has 3 rings (SSSR count). The van der Waals surface area contributed by atoms with Crippen molar-refractivity contribution in [2.24, 2.45) is 0 Å². The molecule has 0 atom stereocenters. The van der Waals surface area contributed by atoms with Crippen molar-refractivity contribution in [1.82, 2.24) is 4.98 Å². The molecule has 118 valence electrons. The molecule has 0 spiro atoms. The first-order chi connectivity index (χ1) is 11.2. The lowest BCUT2D eigenvalue weighted by atomic mass is 10.1. The molecular weight excluding hydrogens is 290 g/mol. The summed E-state index contributed by atoms with van der Waals surface area (Å²) in [4.78, 5) is 15.6. The van der Waals surface area contributed by atoms with E-state index in [4.69, 9.17) is 9.47 Å². The van der Waals surface area contributed by atoms with Crippen LogP contribution in [0.1, 0.15) is 13.3 Å². The van der Waals surface area contributed by atoms with Gasteiger partial charge in [0.2, 0.25) is 0 Å². The van der Waals surface area contributed by atoms with Crippen LogP contribution in [-0.2, 0) is 0 Å². The van der Waals surface area contributed by atoms with Gasteiger partial charge in [0.1, 0.15) is 11.5 Å². The molecule has 1 heterocycles. The zero-order valence-electron chi connectivity index (χ0n) is 13.3. The third kappa shape index (κ3) is 3.21. The third-order valence-corrected chi connectivity index (χ3v) is 3.68. The highest BCUT2D eigenvalue weighted by atomic mass is 16.5. The SMILES string of the molecule is CCCOc1ccc(-c2cc(=O)c3ccc(OC)cc3[nH]2)cc1. The lowest BCUT2D eigenvalue weighted by Crippen LogP contribution is -2.03. The molecule has 0 unspecified atom stereocenters. The van der Waals surface area contributed by atoms with Gasteiger partial charge in [-0.3, -0.25) is 4.79 Å². The van der Waals surface area contributed by atoms with Crippen LogP contribution in [0.5, 0.6) is 11.5 Å². The van der Waals surface area contributed by atoms with Gasteiger partial charge in [-0.15, -0.1) is 0 Å². The third-order valence-electron chi connectivity index (χ3n) is 3.68. The summed E-state index contributed by atoms with van der Waals surface area (Å²) >= 11 is 0. The monoisotopic (exact) mass is 309 g/mol. The molecule has 3 aromatic rings. The first-order valence-electron chi connectivity index (χ1n) is 7.65. The summed E-state index contributed by atoms with van der Waals surface area (Å²) in [6, 6.07) is 14.7. The molecule has 4 nitrogen and oxygen atoms in total. The Bertz CT molecular complexity index is 866. The number of benzene rings is 2. The number of H-pyrrole nitrogens is 1. The Labute approximate surface area is 134 Å². The van der Waals surface area contributed by atoms with Gasteiger partial charge in [0.15, 0.2) is 5.43 Å². The second-order valence-electron chi connectivity index (χ2n) is 5.33. The Kier molecular flexibility index (Phi) is 4.33. The van der Waals surface area contributed by atoms with Gasteiger partial charge in [0, 0.05) is 23.2 Å². The summed E-state index contributed by atoms with van der Waals surface area (Å²) in [6.45, 7) is 2.77. The molecule has 0 radical (unpaired) electrons. The molecule has 0 bridgehead atoms. The molecule has 23 heavy (non-hydrogen) atoms. The number of hydrogen-bond acceptors (Lipinski definition) is 3. The molecule has 4 heteroatoms. The number of aromatic nitrogens is 1. The first-order valence-corrected chi connectivity index (χ1v) is 7.65. The smallest absolute Gasteiger partial charge is 0.190 e. The Morgan fingerprint density at radius 1 is 1.00 bits per heavy atom. The minimum absolute atomic E-state index is 0.0114. The molecular formula is C19H19NO3. The number of fused-ring (bicyclic) bond motifs is 1. The molecule has 0 saturated carbocycles. The van der Waals surface area contributed by atoms with Crippen molar-refractivity contribution in [3.63, 3.8) is 0 Å². The highest BCUT2D eigenvalue weighted by Crippen LogP contribution is 2.23. The lowest BCUT2D eigenvalue weighted by Gasteiger charge is -2.08. The van der Waals surface area contributed by atoms with Crippen LogP contribution >= 0.6 is 0 Å². The highest BCUT2D eigenvalue weighted by Gasteiger charge is 2.06. The van der Waals surface area contributed by atoms with E-state index in [9.17, 15) is 4.79 Å². The predicted molar refractivity (Wildman–Crippen MR) is 92.3 cm³/mol. The van der Waals surface area contributed by atoms with Crippen molar-refractivity contribution >= 4 is 10.9 Å². The van der Waals surface area contributed by atoms with Crippen molar-refractivity contribution in [3.05, 3.63) is 58.8 Å². The zero-order chi connectivity index (χ0) is 16.2. The first kappa shape index (κ1) is 15.2. The largest absolute Gasteiger partial charge is 0.497 e. The van der Waals surface area contributed by atoms with Crippen LogP contribution in [-0.4, -0.2) is 18.7 Å². The standard InChI is InChI=1S/C19H19NO3/c1-3-10-23-14-6-4-13(5-7-14)17-12-19(21)16-9-8-15(22-2)11-18(16)20-17/h4-9,11-12H,3,10H2,1-2H3,(H,20,21). The van der Waals surface area contributed by atoms with Crippen molar-refractivity contribution in [1.29, 1.82) is 0 Å². The van der Waals surface area contributed by atoms with E-state index >= 15 is 0 Å². The number of aromatic amines is 1. The maximum Gasteiger partial charge on any atom is 0.190 e. The fourth-order valence-corrected chi connectivity index (χ4v) is 2.46. The second-order valence-corrected chi connectivity index (χ2v) is 5.33. The van der Waals surface area contributed by atoms with Gasteiger partial charge in [0.25, 0.3) is 0 Å². The van der Waals surface area contributed by atoms with Gasteiger partial charge in [0.05, 0.1) is 19.2 Å². The van der Waals surface area contributed by atoms with Gasteiger partial charge in [-0.2, -0.15) is 0 Å². The maximum absolute atomic E-state index is 12.3. The number of nitrogens with one attached hydrogen (secondary N) is 1. The van der Waals surface area contributed by atoms with Gasteiger partial charge < -0.3 is 14.5 Å². The fraction of sp³-hybridized carbons (Fsp3) is 0.211. The van der Waals surface area contributed by atoms with E-state index in [0.717, 1.165) is 28.9 Å². The Hall–Kier alpha value is -2.75. The van der Waals surface area contributed by atoms with Crippen LogP contribution in [0.3, 0.4) is 0 Å². The minimum Gasteiger partial charge on any atom is -0.497 e. The number of methoxy groups -OCH3 is 1. The highest BCUT2D eigenvalue weighted by molar-refractivity contribution is 5.82. The van der Waals surface area contributed by atoms with E-state index in [0.29, 0.717) is 17.7 Å². The Morgan fingerprint density at radius 2 is 1.74 bits per heavy atom. The summed E-state index contributed by atoms with van der Waals surface area (Å²) in [5.41, 5.74) is 2.47. The average molecular weight is 309 g/mol. The molecule has 0 aliphatic rings. The lowest BCUT2D eigenvalue weighted by molar-refractivity contribution is 0.317. The van der Waals surface area contributed by atoms with Gasteiger partial charge in [-0.05, 0) is 48.4 Å². The van der Waals surface area contributed by atoms with Gasteiger partial charge in [-0.1, -0.05) is 6.92 Å². The number of hydrogen-bond donors (Lipinski definition) is 1. The number of pyridine rings is 1. The van der Waals surface area contributed by atoms with Crippen molar-refractivity contribution < 1.29 is 9.47 Å². The van der Waals surface area contributed by atoms with Gasteiger partial charge in [-0.25, -0.2) is 0 Å². The normalized spacial score (nSPS) is 10.7. The summed E-state index contributed by atoms with van der Waals surface area (Å²) in [7, 11) is 1.61. The Morgan fingerprint density at radius 3 is 2.43 bits per heavy atom. The van der Waals surface area contributed by atoms with Crippen LogP contribution in [0.25, 0.3) is 22.2 Å². The average Bonchev–Trinajstić information content (AvgIpc) is 2.59. The van der Waals surface area contributed by atoms with E-state index < -0.39 is 0 Å². The minimum atomic E-state index is -0.0114. The summed E-state index contributed by atoms with van der Waals surface area (Å²) in [5.74, 6) is 1.55. The Balaban J connectivity index is 2.00. The van der Waals surface area contributed by atoms with E-state index in [-0.39, 0.29) is 5.43 Å². The van der Waals surface area contributed by atoms with E-state index in [2.05, 4.69) is 11.9 Å². The van der Waals surface area contributed by atoms with E-state index in [1.54, 1.807) is 25.3 Å². The quantitative estimate of drug-likeness (QED) is 0.775. The second kappa shape index (κ2) is 6.57. The summed E-state index contributed by atoms with van der Waals surface area (Å²) in [5, 5.41) is 0.650. The van der Waals surface area contributed by atoms with Crippen LogP contribution in [0, 0.1) is 0 Å². The predicted octanol–water partition coefficient (Wildman–Crippen LogP) is 3.99. The molecule has 0 saturated heterocycles.